The molecule has 1 aromatic rings. The van der Waals surface area contributed by atoms with Crippen molar-refractivity contribution < 1.29 is 5.11 Å². The Morgan fingerprint density at radius 3 is 2.65 bits per heavy atom. The number of phenolic OH excluding ortho intramolecular Hbond substituents is 1. The standard InChI is InChI=1S/C18H27NO/c1-12-7-14(10-15(20)8-12)16-9-13-5-6-18(2,11-13)17(16)19(3)4/h7-8,10,13,16-17,20H,5-6,9,11H2,1-4H3. The molecule has 110 valence electrons. The third-order valence-electron chi connectivity index (χ3n) is 5.63. The number of aryl methyl sites for hydroxylation is 1. The lowest BCUT2D eigenvalue weighted by atomic mass is 9.65. The van der Waals surface area contributed by atoms with Crippen molar-refractivity contribution in [3.05, 3.63) is 29.3 Å². The summed E-state index contributed by atoms with van der Waals surface area (Å²) in [4.78, 5) is 2.42. The van der Waals surface area contributed by atoms with E-state index in [0.29, 0.717) is 23.1 Å². The molecule has 2 bridgehead atoms. The first-order chi connectivity index (χ1) is 9.39. The van der Waals surface area contributed by atoms with Gasteiger partial charge in [-0.25, -0.2) is 0 Å². The smallest absolute Gasteiger partial charge is 0.116 e. The van der Waals surface area contributed by atoms with Crippen molar-refractivity contribution in [1.29, 1.82) is 0 Å². The molecule has 0 amide bonds. The second kappa shape index (κ2) is 4.77. The molecule has 4 atom stereocenters. The Bertz CT molecular complexity index is 490. The molecule has 2 fully saturated rings. The van der Waals surface area contributed by atoms with Gasteiger partial charge in [0.05, 0.1) is 0 Å². The Balaban J connectivity index is 2.02. The van der Waals surface area contributed by atoms with Gasteiger partial charge >= 0.3 is 0 Å². The molecule has 2 saturated carbocycles. The van der Waals surface area contributed by atoms with E-state index in [4.69, 9.17) is 0 Å². The Kier molecular flexibility index (Phi) is 3.32. The fourth-order valence-electron chi connectivity index (χ4n) is 5.15. The van der Waals surface area contributed by atoms with Gasteiger partial charge in [-0.15, -0.1) is 0 Å². The maximum atomic E-state index is 9.95. The highest BCUT2D eigenvalue weighted by molar-refractivity contribution is 5.36. The van der Waals surface area contributed by atoms with Gasteiger partial charge in [-0.1, -0.05) is 13.0 Å². The summed E-state index contributed by atoms with van der Waals surface area (Å²) in [6.07, 6.45) is 5.40. The molecule has 2 aliphatic carbocycles. The monoisotopic (exact) mass is 273 g/mol. The van der Waals surface area contributed by atoms with Gasteiger partial charge in [0.1, 0.15) is 5.75 Å². The molecular formula is C18H27NO. The average Bonchev–Trinajstić information content (AvgIpc) is 2.62. The lowest BCUT2D eigenvalue weighted by molar-refractivity contribution is 0.0630. The van der Waals surface area contributed by atoms with E-state index in [1.807, 2.05) is 12.1 Å². The van der Waals surface area contributed by atoms with Gasteiger partial charge in [-0.05, 0) is 81.3 Å². The normalized spacial score (nSPS) is 36.5. The first-order valence-corrected chi connectivity index (χ1v) is 7.86. The zero-order valence-corrected chi connectivity index (χ0v) is 13.2. The second-order valence-corrected chi connectivity index (χ2v) is 7.62. The fraction of sp³-hybridized carbons (Fsp3) is 0.667. The van der Waals surface area contributed by atoms with Crippen LogP contribution in [0.2, 0.25) is 0 Å². The zero-order valence-electron chi connectivity index (χ0n) is 13.2. The summed E-state index contributed by atoms with van der Waals surface area (Å²) < 4.78 is 0. The van der Waals surface area contributed by atoms with Gasteiger partial charge in [0, 0.05) is 12.0 Å². The number of hydrogen-bond acceptors (Lipinski definition) is 2. The van der Waals surface area contributed by atoms with Gasteiger partial charge in [-0.2, -0.15) is 0 Å². The minimum absolute atomic E-state index is 0.417. The van der Waals surface area contributed by atoms with Crippen LogP contribution in [-0.4, -0.2) is 30.1 Å². The lowest BCUT2D eigenvalue weighted by Gasteiger charge is -2.47. The van der Waals surface area contributed by atoms with Crippen LogP contribution in [0.3, 0.4) is 0 Å². The Hall–Kier alpha value is -1.02. The van der Waals surface area contributed by atoms with E-state index in [0.717, 1.165) is 5.92 Å². The van der Waals surface area contributed by atoms with Crippen molar-refractivity contribution >= 4 is 0 Å². The van der Waals surface area contributed by atoms with Gasteiger partial charge < -0.3 is 10.0 Å². The van der Waals surface area contributed by atoms with Crippen LogP contribution in [0.25, 0.3) is 0 Å². The van der Waals surface area contributed by atoms with Crippen LogP contribution in [-0.2, 0) is 0 Å². The molecule has 0 saturated heterocycles. The molecule has 2 nitrogen and oxygen atoms in total. The highest BCUT2D eigenvalue weighted by Crippen LogP contribution is 2.57. The molecule has 4 unspecified atom stereocenters. The largest absolute Gasteiger partial charge is 0.508 e. The first kappa shape index (κ1) is 13.9. The van der Waals surface area contributed by atoms with E-state index in [-0.39, 0.29) is 0 Å². The predicted octanol–water partition coefficient (Wildman–Crippen LogP) is 3.92. The number of nitrogens with zero attached hydrogens (tertiary/aromatic N) is 1. The molecule has 1 aromatic carbocycles. The molecule has 0 aromatic heterocycles. The highest BCUT2D eigenvalue weighted by atomic mass is 16.3. The Morgan fingerprint density at radius 1 is 1.25 bits per heavy atom. The van der Waals surface area contributed by atoms with Crippen molar-refractivity contribution in [1.82, 2.24) is 4.90 Å². The lowest BCUT2D eigenvalue weighted by Crippen LogP contribution is -2.48. The molecule has 1 N–H and O–H groups in total. The maximum absolute atomic E-state index is 9.95. The van der Waals surface area contributed by atoms with Crippen molar-refractivity contribution in [3.8, 4) is 5.75 Å². The minimum Gasteiger partial charge on any atom is -0.508 e. The maximum Gasteiger partial charge on any atom is 0.116 e. The van der Waals surface area contributed by atoms with Crippen molar-refractivity contribution in [2.75, 3.05) is 14.1 Å². The fourth-order valence-corrected chi connectivity index (χ4v) is 5.15. The van der Waals surface area contributed by atoms with Crippen LogP contribution in [0.15, 0.2) is 18.2 Å². The molecule has 20 heavy (non-hydrogen) atoms. The van der Waals surface area contributed by atoms with Crippen LogP contribution < -0.4 is 0 Å². The highest BCUT2D eigenvalue weighted by Gasteiger charge is 2.50. The SMILES string of the molecule is Cc1cc(O)cc(C2CC3CCC(C)(C3)C2N(C)C)c1. The van der Waals surface area contributed by atoms with E-state index >= 15 is 0 Å². The topological polar surface area (TPSA) is 23.5 Å². The molecule has 0 radical (unpaired) electrons. The Labute approximate surface area is 122 Å². The van der Waals surface area contributed by atoms with Crippen LogP contribution in [0.4, 0.5) is 0 Å². The first-order valence-electron chi connectivity index (χ1n) is 7.86. The van der Waals surface area contributed by atoms with Crippen molar-refractivity contribution in [3.63, 3.8) is 0 Å². The number of rotatable bonds is 2. The molecule has 3 rings (SSSR count). The summed E-state index contributed by atoms with van der Waals surface area (Å²) in [5, 5.41) is 9.95. The van der Waals surface area contributed by atoms with E-state index < -0.39 is 0 Å². The van der Waals surface area contributed by atoms with Crippen LogP contribution in [0, 0.1) is 18.3 Å². The summed E-state index contributed by atoms with van der Waals surface area (Å²) in [6, 6.07) is 6.70. The van der Waals surface area contributed by atoms with E-state index in [1.165, 1.54) is 36.8 Å². The average molecular weight is 273 g/mol. The van der Waals surface area contributed by atoms with E-state index in [9.17, 15) is 5.11 Å². The summed E-state index contributed by atoms with van der Waals surface area (Å²) in [5.74, 6) is 1.85. The number of phenols is 1. The van der Waals surface area contributed by atoms with Gasteiger partial charge in [0.25, 0.3) is 0 Å². The molecule has 2 aliphatic rings. The summed E-state index contributed by atoms with van der Waals surface area (Å²) in [5.41, 5.74) is 2.94. The molecule has 0 aliphatic heterocycles. The van der Waals surface area contributed by atoms with Crippen molar-refractivity contribution in [2.24, 2.45) is 11.3 Å². The van der Waals surface area contributed by atoms with Crippen LogP contribution >= 0.6 is 0 Å². The summed E-state index contributed by atoms with van der Waals surface area (Å²) in [7, 11) is 4.44. The van der Waals surface area contributed by atoms with Crippen LogP contribution in [0.5, 0.6) is 5.75 Å². The van der Waals surface area contributed by atoms with Gasteiger partial charge in [0.15, 0.2) is 0 Å². The second-order valence-electron chi connectivity index (χ2n) is 7.62. The van der Waals surface area contributed by atoms with E-state index in [2.05, 4.69) is 38.9 Å². The predicted molar refractivity (Wildman–Crippen MR) is 83.1 cm³/mol. The Morgan fingerprint density at radius 2 is 2.00 bits per heavy atom. The minimum atomic E-state index is 0.417. The van der Waals surface area contributed by atoms with Crippen molar-refractivity contribution in [2.45, 2.75) is 51.5 Å². The quantitative estimate of drug-likeness (QED) is 0.882. The van der Waals surface area contributed by atoms with Gasteiger partial charge in [-0.3, -0.25) is 0 Å². The van der Waals surface area contributed by atoms with Crippen LogP contribution in [0.1, 0.15) is 49.7 Å². The third kappa shape index (κ3) is 2.24. The molecular weight excluding hydrogens is 246 g/mol. The number of benzene rings is 1. The zero-order chi connectivity index (χ0) is 14.5. The molecule has 0 heterocycles. The summed E-state index contributed by atoms with van der Waals surface area (Å²) in [6.45, 7) is 4.55. The number of aromatic hydroxyl groups is 1. The number of fused-ring (bicyclic) bond motifs is 2. The van der Waals surface area contributed by atoms with E-state index in [1.54, 1.807) is 0 Å². The third-order valence-corrected chi connectivity index (χ3v) is 5.63. The number of likely N-dealkylation sites (N-methyl/N-ethyl adjacent to an activating group) is 1. The van der Waals surface area contributed by atoms with Gasteiger partial charge in [0.2, 0.25) is 0 Å². The summed E-state index contributed by atoms with van der Waals surface area (Å²) >= 11 is 0. The molecule has 2 heteroatoms. The number of hydrogen-bond donors (Lipinski definition) is 1. The molecule has 0 spiro atoms.